The van der Waals surface area contributed by atoms with Crippen molar-refractivity contribution < 1.29 is 24.2 Å². The maximum atomic E-state index is 12.9. The molecule has 4 rings (SSSR count). The van der Waals surface area contributed by atoms with Crippen molar-refractivity contribution in [3.8, 4) is 28.5 Å². The molecule has 2 heterocycles. The van der Waals surface area contributed by atoms with E-state index in [0.29, 0.717) is 22.8 Å². The molecule has 0 atom stereocenters. The number of benzene rings is 2. The van der Waals surface area contributed by atoms with Crippen LogP contribution in [-0.4, -0.2) is 35.9 Å². The van der Waals surface area contributed by atoms with Crippen molar-refractivity contribution in [2.75, 3.05) is 14.2 Å². The molecule has 0 bridgehead atoms. The highest BCUT2D eigenvalue weighted by atomic mass is 32.1. The molecule has 0 unspecified atom stereocenters. The maximum Gasteiger partial charge on any atom is 0.167 e. The number of hydrogen-bond acceptors (Lipinski definition) is 7. The number of fused-ring (bicyclic) bond motifs is 1. The highest BCUT2D eigenvalue weighted by Gasteiger charge is 2.20. The molecule has 0 aliphatic rings. The highest BCUT2D eigenvalue weighted by Crippen LogP contribution is 2.39. The summed E-state index contributed by atoms with van der Waals surface area (Å²) >= 11 is 1.58. The van der Waals surface area contributed by atoms with Crippen molar-refractivity contribution in [2.45, 2.75) is 19.8 Å². The van der Waals surface area contributed by atoms with Crippen molar-refractivity contribution >= 4 is 33.0 Å². The topological polar surface area (TPSA) is 85.7 Å². The Morgan fingerprint density at radius 1 is 1.00 bits per heavy atom. The lowest BCUT2D eigenvalue weighted by atomic mass is 9.99. The Balaban J connectivity index is 1.55. The monoisotopic (exact) mass is 461 g/mol. The highest BCUT2D eigenvalue weighted by molar-refractivity contribution is 7.18. The molecule has 168 valence electrons. The Morgan fingerprint density at radius 3 is 2.52 bits per heavy atom. The number of aryl methyl sites for hydroxylation is 1. The Kier molecular flexibility index (Phi) is 6.42. The van der Waals surface area contributed by atoms with Gasteiger partial charge in [0.15, 0.2) is 28.8 Å². The van der Waals surface area contributed by atoms with Crippen molar-refractivity contribution in [1.29, 1.82) is 0 Å². The summed E-state index contributed by atoms with van der Waals surface area (Å²) in [7, 11) is 3.02. The molecule has 0 saturated heterocycles. The molecule has 0 spiro atoms. The van der Waals surface area contributed by atoms with E-state index in [9.17, 15) is 14.7 Å². The normalized spacial score (nSPS) is 10.9. The molecule has 0 fully saturated rings. The van der Waals surface area contributed by atoms with E-state index < -0.39 is 0 Å². The summed E-state index contributed by atoms with van der Waals surface area (Å²) in [5.74, 6) is 0.292. The number of Topliss-reactive ketones (excluding diaryl/α,β-unsaturated/α-hetero) is 2. The third kappa shape index (κ3) is 4.32. The van der Waals surface area contributed by atoms with Gasteiger partial charge in [0.1, 0.15) is 5.69 Å². The van der Waals surface area contributed by atoms with Crippen LogP contribution in [0.3, 0.4) is 0 Å². The SMILES string of the molecule is COc1ccc(C(=O)CCC(=O)c2ccnc(-c3csc4c(C)cccc34)c2O)cc1OC. The molecule has 6 nitrogen and oxygen atoms in total. The van der Waals surface area contributed by atoms with E-state index in [2.05, 4.69) is 4.98 Å². The predicted octanol–water partition coefficient (Wildman–Crippen LogP) is 5.84. The lowest BCUT2D eigenvalue weighted by molar-refractivity contribution is 0.0915. The van der Waals surface area contributed by atoms with Gasteiger partial charge < -0.3 is 14.6 Å². The number of ether oxygens (including phenoxy) is 2. The minimum Gasteiger partial charge on any atom is -0.505 e. The molecule has 0 radical (unpaired) electrons. The van der Waals surface area contributed by atoms with Crippen LogP contribution < -0.4 is 9.47 Å². The van der Waals surface area contributed by atoms with Crippen LogP contribution in [-0.2, 0) is 0 Å². The summed E-state index contributed by atoms with van der Waals surface area (Å²) < 4.78 is 11.5. The fraction of sp³-hybridized carbons (Fsp3) is 0.192. The van der Waals surface area contributed by atoms with E-state index in [0.717, 1.165) is 21.2 Å². The third-order valence-electron chi connectivity index (χ3n) is 5.56. The summed E-state index contributed by atoms with van der Waals surface area (Å²) in [6, 6.07) is 12.3. The zero-order chi connectivity index (χ0) is 23.5. The molecule has 0 amide bonds. The number of carbonyl (C=O) groups is 2. The summed E-state index contributed by atoms with van der Waals surface area (Å²) in [6.07, 6.45) is 1.48. The average molecular weight is 462 g/mol. The van der Waals surface area contributed by atoms with Crippen molar-refractivity contribution in [3.05, 3.63) is 70.7 Å². The number of methoxy groups -OCH3 is 2. The first-order valence-electron chi connectivity index (χ1n) is 10.4. The molecule has 33 heavy (non-hydrogen) atoms. The second-order valence-corrected chi connectivity index (χ2v) is 8.45. The Morgan fingerprint density at radius 2 is 1.76 bits per heavy atom. The fourth-order valence-electron chi connectivity index (χ4n) is 3.78. The number of thiophene rings is 1. The van der Waals surface area contributed by atoms with Crippen molar-refractivity contribution in [3.63, 3.8) is 0 Å². The first-order valence-corrected chi connectivity index (χ1v) is 11.3. The molecular weight excluding hydrogens is 438 g/mol. The van der Waals surface area contributed by atoms with E-state index in [1.165, 1.54) is 26.5 Å². The lowest BCUT2D eigenvalue weighted by Gasteiger charge is -2.10. The van der Waals surface area contributed by atoms with Gasteiger partial charge in [-0.3, -0.25) is 14.6 Å². The minimum absolute atomic E-state index is 0.00594. The summed E-state index contributed by atoms with van der Waals surface area (Å²) in [5.41, 5.74) is 2.88. The van der Waals surface area contributed by atoms with E-state index in [-0.39, 0.29) is 35.7 Å². The number of pyridine rings is 1. The van der Waals surface area contributed by atoms with E-state index in [1.807, 2.05) is 30.5 Å². The molecule has 0 aliphatic carbocycles. The smallest absolute Gasteiger partial charge is 0.167 e. The van der Waals surface area contributed by atoms with E-state index in [1.54, 1.807) is 29.5 Å². The van der Waals surface area contributed by atoms with Gasteiger partial charge in [0.2, 0.25) is 0 Å². The van der Waals surface area contributed by atoms with Crippen molar-refractivity contribution in [1.82, 2.24) is 4.98 Å². The molecule has 1 N–H and O–H groups in total. The number of ketones is 2. The van der Waals surface area contributed by atoms with Gasteiger partial charge in [-0.15, -0.1) is 11.3 Å². The molecular formula is C26H23NO5S. The molecule has 0 aliphatic heterocycles. The largest absolute Gasteiger partial charge is 0.505 e. The van der Waals surface area contributed by atoms with Gasteiger partial charge in [0, 0.05) is 45.6 Å². The van der Waals surface area contributed by atoms with Gasteiger partial charge in [-0.05, 0) is 36.8 Å². The Hall–Kier alpha value is -3.71. The molecule has 0 saturated carbocycles. The molecule has 2 aromatic carbocycles. The van der Waals surface area contributed by atoms with Crippen LogP contribution >= 0.6 is 11.3 Å². The molecule has 2 aromatic heterocycles. The first kappa shape index (κ1) is 22.5. The zero-order valence-electron chi connectivity index (χ0n) is 18.5. The summed E-state index contributed by atoms with van der Waals surface area (Å²) in [5, 5.41) is 13.8. The van der Waals surface area contributed by atoms with Crippen LogP contribution in [0.1, 0.15) is 39.1 Å². The van der Waals surface area contributed by atoms with Crippen LogP contribution in [0.4, 0.5) is 0 Å². The lowest BCUT2D eigenvalue weighted by Crippen LogP contribution is -2.06. The number of carbonyl (C=O) groups excluding carboxylic acids is 2. The van der Waals surface area contributed by atoms with Crippen LogP contribution in [0, 0.1) is 6.92 Å². The van der Waals surface area contributed by atoms with Crippen LogP contribution in [0.5, 0.6) is 17.2 Å². The van der Waals surface area contributed by atoms with Crippen molar-refractivity contribution in [2.24, 2.45) is 0 Å². The number of nitrogens with zero attached hydrogens (tertiary/aromatic N) is 1. The summed E-state index contributed by atoms with van der Waals surface area (Å²) in [4.78, 5) is 29.9. The number of hydrogen-bond donors (Lipinski definition) is 1. The number of aromatic nitrogens is 1. The van der Waals surface area contributed by atoms with Crippen LogP contribution in [0.25, 0.3) is 21.3 Å². The third-order valence-corrected chi connectivity index (χ3v) is 6.69. The average Bonchev–Trinajstić information content (AvgIpc) is 3.27. The quantitative estimate of drug-likeness (QED) is 0.332. The standard InChI is InChI=1S/C26H23NO5S/c1-15-5-4-6-17-19(14-33-26(15)17)24-25(30)18(11-12-27-24)21(29)9-8-20(28)16-7-10-22(31-2)23(13-16)32-3/h4-7,10-14,30H,8-9H2,1-3H3. The van der Waals surface area contributed by atoms with Gasteiger partial charge in [-0.25, -0.2) is 0 Å². The fourth-order valence-corrected chi connectivity index (χ4v) is 4.81. The van der Waals surface area contributed by atoms with E-state index in [4.69, 9.17) is 9.47 Å². The predicted molar refractivity (Wildman–Crippen MR) is 129 cm³/mol. The van der Waals surface area contributed by atoms with Gasteiger partial charge in [-0.1, -0.05) is 18.2 Å². The molecule has 4 aromatic rings. The minimum atomic E-state index is -0.319. The van der Waals surface area contributed by atoms with Gasteiger partial charge in [-0.2, -0.15) is 0 Å². The maximum absolute atomic E-state index is 12.9. The van der Waals surface area contributed by atoms with Gasteiger partial charge in [0.05, 0.1) is 19.8 Å². The van der Waals surface area contributed by atoms with Crippen LogP contribution in [0.2, 0.25) is 0 Å². The molecule has 7 heteroatoms. The van der Waals surface area contributed by atoms with Crippen LogP contribution in [0.15, 0.2) is 54.0 Å². The number of aromatic hydroxyl groups is 1. The summed E-state index contributed by atoms with van der Waals surface area (Å²) in [6.45, 7) is 2.03. The van der Waals surface area contributed by atoms with Gasteiger partial charge >= 0.3 is 0 Å². The van der Waals surface area contributed by atoms with E-state index >= 15 is 0 Å². The Labute approximate surface area is 195 Å². The Bertz CT molecular complexity index is 1360. The second-order valence-electron chi connectivity index (χ2n) is 7.57. The number of rotatable bonds is 8. The van der Waals surface area contributed by atoms with Gasteiger partial charge in [0.25, 0.3) is 0 Å². The second kappa shape index (κ2) is 9.42. The zero-order valence-corrected chi connectivity index (χ0v) is 19.4. The first-order chi connectivity index (χ1) is 15.9.